The number of rotatable bonds is 20. The number of aliphatic carboxylic acids is 1. The molecule has 0 rings (SSSR count). The molecule has 0 bridgehead atoms. The Morgan fingerprint density at radius 3 is 1.80 bits per heavy atom. The van der Waals surface area contributed by atoms with Crippen LogP contribution in [0.2, 0.25) is 0 Å². The van der Waals surface area contributed by atoms with E-state index in [0.717, 1.165) is 57.8 Å². The van der Waals surface area contributed by atoms with Crippen LogP contribution in [-0.4, -0.2) is 53.7 Å². The van der Waals surface area contributed by atoms with Crippen molar-refractivity contribution in [2.75, 3.05) is 12.3 Å². The number of amides is 2. The van der Waals surface area contributed by atoms with E-state index in [1.54, 1.807) is 13.8 Å². The summed E-state index contributed by atoms with van der Waals surface area (Å²) in [6, 6.07) is 0. The molecule has 0 aromatic carbocycles. The fourth-order valence-electron chi connectivity index (χ4n) is 4.14. The third kappa shape index (κ3) is 17.4. The van der Waals surface area contributed by atoms with E-state index in [1.165, 1.54) is 13.8 Å². The number of unbranched alkanes of at least 4 members (excludes halogenated alkanes) is 8. The SMILES string of the molecule is CCC(CC(C)(C)C(=O)NCCCCCCCCCCCC(=O)O)C(=O)NC(C)(C)CS(=O)(=O)O. The Hall–Kier alpha value is -1.68. The second-order valence-corrected chi connectivity index (χ2v) is 12.3. The second kappa shape index (κ2) is 16.1. The lowest BCUT2D eigenvalue weighted by Crippen LogP contribution is -2.51. The predicted octanol–water partition coefficient (Wildman–Crippen LogP) is 4.31. The van der Waals surface area contributed by atoms with Crippen LogP contribution in [-0.2, 0) is 24.5 Å². The van der Waals surface area contributed by atoms with E-state index in [9.17, 15) is 22.8 Å². The van der Waals surface area contributed by atoms with Crippen LogP contribution in [0.1, 0.15) is 112 Å². The molecule has 0 saturated heterocycles. The lowest BCUT2D eigenvalue weighted by atomic mass is 9.80. The molecule has 4 N–H and O–H groups in total. The van der Waals surface area contributed by atoms with Crippen molar-refractivity contribution in [2.24, 2.45) is 11.3 Å². The van der Waals surface area contributed by atoms with Crippen LogP contribution in [0, 0.1) is 11.3 Å². The zero-order valence-electron chi connectivity index (χ0n) is 22.3. The van der Waals surface area contributed by atoms with Gasteiger partial charge in [-0.3, -0.25) is 18.9 Å². The quantitative estimate of drug-likeness (QED) is 0.138. The van der Waals surface area contributed by atoms with Crippen molar-refractivity contribution in [2.45, 2.75) is 117 Å². The molecule has 0 aromatic heterocycles. The van der Waals surface area contributed by atoms with Crippen LogP contribution in [0.25, 0.3) is 0 Å². The number of carbonyl (C=O) groups is 3. The highest BCUT2D eigenvalue weighted by atomic mass is 32.2. The van der Waals surface area contributed by atoms with Gasteiger partial charge < -0.3 is 15.7 Å². The molecule has 0 saturated carbocycles. The molecule has 10 heteroatoms. The van der Waals surface area contributed by atoms with Gasteiger partial charge in [-0.25, -0.2) is 0 Å². The zero-order valence-corrected chi connectivity index (χ0v) is 23.1. The first-order chi connectivity index (χ1) is 16.1. The summed E-state index contributed by atoms with van der Waals surface area (Å²) < 4.78 is 31.5. The normalized spacial score (nSPS) is 13.3. The van der Waals surface area contributed by atoms with E-state index < -0.39 is 38.7 Å². The minimum Gasteiger partial charge on any atom is -0.481 e. The summed E-state index contributed by atoms with van der Waals surface area (Å²) >= 11 is 0. The highest BCUT2D eigenvalue weighted by molar-refractivity contribution is 7.85. The van der Waals surface area contributed by atoms with E-state index in [1.807, 2.05) is 6.92 Å². The van der Waals surface area contributed by atoms with Crippen LogP contribution in [0.3, 0.4) is 0 Å². The molecule has 0 aromatic rings. The molecule has 35 heavy (non-hydrogen) atoms. The maximum absolute atomic E-state index is 12.7. The molecule has 0 spiro atoms. The lowest BCUT2D eigenvalue weighted by molar-refractivity contribution is -0.137. The molecule has 1 atom stereocenters. The van der Waals surface area contributed by atoms with Crippen molar-refractivity contribution >= 4 is 27.9 Å². The highest BCUT2D eigenvalue weighted by Gasteiger charge is 2.35. The van der Waals surface area contributed by atoms with Crippen LogP contribution < -0.4 is 10.6 Å². The van der Waals surface area contributed by atoms with Gasteiger partial charge in [0.25, 0.3) is 10.1 Å². The number of hydrogen-bond acceptors (Lipinski definition) is 5. The Bertz CT molecular complexity index is 764. The monoisotopic (exact) mass is 520 g/mol. The third-order valence-corrected chi connectivity index (χ3v) is 7.18. The molecular formula is C25H48N2O7S. The molecule has 206 valence electrons. The summed E-state index contributed by atoms with van der Waals surface area (Å²) in [6.07, 6.45) is 10.3. The molecule has 2 amide bonds. The summed E-state index contributed by atoms with van der Waals surface area (Å²) in [5.41, 5.74) is -1.88. The summed E-state index contributed by atoms with van der Waals surface area (Å²) in [5, 5.41) is 14.3. The number of carboxylic acid groups (broad SMARTS) is 1. The molecule has 1 unspecified atom stereocenters. The van der Waals surface area contributed by atoms with Crippen molar-refractivity contribution in [3.05, 3.63) is 0 Å². The van der Waals surface area contributed by atoms with Crippen molar-refractivity contribution in [3.63, 3.8) is 0 Å². The van der Waals surface area contributed by atoms with Crippen molar-refractivity contribution in [1.29, 1.82) is 0 Å². The van der Waals surface area contributed by atoms with E-state index in [0.29, 0.717) is 19.4 Å². The van der Waals surface area contributed by atoms with Crippen molar-refractivity contribution in [1.82, 2.24) is 10.6 Å². The summed E-state index contributed by atoms with van der Waals surface area (Å²) in [5.74, 6) is -2.21. The summed E-state index contributed by atoms with van der Waals surface area (Å²) in [6.45, 7) is 9.11. The van der Waals surface area contributed by atoms with Gasteiger partial charge in [0, 0.05) is 24.3 Å². The second-order valence-electron chi connectivity index (χ2n) is 10.9. The van der Waals surface area contributed by atoms with Gasteiger partial charge in [0.1, 0.15) is 0 Å². The van der Waals surface area contributed by atoms with Crippen LogP contribution >= 0.6 is 0 Å². The fourth-order valence-corrected chi connectivity index (χ4v) is 5.12. The molecule has 9 nitrogen and oxygen atoms in total. The van der Waals surface area contributed by atoms with E-state index in [-0.39, 0.29) is 18.2 Å². The maximum atomic E-state index is 12.7. The molecule has 0 aliphatic carbocycles. The van der Waals surface area contributed by atoms with Gasteiger partial charge in [0.2, 0.25) is 11.8 Å². The van der Waals surface area contributed by atoms with E-state index >= 15 is 0 Å². The van der Waals surface area contributed by atoms with Crippen molar-refractivity contribution < 1.29 is 32.5 Å². The first-order valence-electron chi connectivity index (χ1n) is 12.9. The minimum atomic E-state index is -4.23. The molecule has 0 aliphatic rings. The molecule has 0 aliphatic heterocycles. The van der Waals surface area contributed by atoms with E-state index in [4.69, 9.17) is 9.66 Å². The smallest absolute Gasteiger partial charge is 0.303 e. The van der Waals surface area contributed by atoms with Crippen LogP contribution in [0.5, 0.6) is 0 Å². The topological polar surface area (TPSA) is 150 Å². The molecule has 0 heterocycles. The first-order valence-corrected chi connectivity index (χ1v) is 14.5. The third-order valence-electron chi connectivity index (χ3n) is 6.09. The molecule has 0 fully saturated rings. The fraction of sp³-hybridized carbons (Fsp3) is 0.880. The van der Waals surface area contributed by atoms with Crippen molar-refractivity contribution in [3.8, 4) is 0 Å². The van der Waals surface area contributed by atoms with Crippen LogP contribution in [0.15, 0.2) is 0 Å². The Balaban J connectivity index is 4.24. The number of hydrogen-bond donors (Lipinski definition) is 4. The maximum Gasteiger partial charge on any atom is 0.303 e. The number of carboxylic acids is 1. The largest absolute Gasteiger partial charge is 0.481 e. The van der Waals surface area contributed by atoms with E-state index in [2.05, 4.69) is 10.6 Å². The molecular weight excluding hydrogens is 472 g/mol. The zero-order chi connectivity index (χ0) is 27.1. The van der Waals surface area contributed by atoms with Gasteiger partial charge in [0.15, 0.2) is 0 Å². The van der Waals surface area contributed by atoms with Gasteiger partial charge in [-0.2, -0.15) is 8.42 Å². The Labute approximate surface area is 212 Å². The van der Waals surface area contributed by atoms with Gasteiger partial charge in [0.05, 0.1) is 11.3 Å². The average molecular weight is 521 g/mol. The van der Waals surface area contributed by atoms with Gasteiger partial charge in [-0.15, -0.1) is 0 Å². The standard InChI is InChI=1S/C25H48N2O7S/c1-6-20(22(30)27-25(4,5)19-35(32,33)34)18-24(2,3)23(31)26-17-15-13-11-9-7-8-10-12-14-16-21(28)29/h20H,6-19H2,1-5H3,(H,26,31)(H,27,30)(H,28,29)(H,32,33,34). The summed E-state index contributed by atoms with van der Waals surface area (Å²) in [7, 11) is -4.23. The molecule has 0 radical (unpaired) electrons. The highest BCUT2D eigenvalue weighted by Crippen LogP contribution is 2.28. The van der Waals surface area contributed by atoms with Gasteiger partial charge >= 0.3 is 5.97 Å². The van der Waals surface area contributed by atoms with Gasteiger partial charge in [-0.05, 0) is 39.5 Å². The van der Waals surface area contributed by atoms with Crippen LogP contribution in [0.4, 0.5) is 0 Å². The number of nitrogens with one attached hydrogen (secondary N) is 2. The predicted molar refractivity (Wildman–Crippen MR) is 138 cm³/mol. The first kappa shape index (κ1) is 33.3. The average Bonchev–Trinajstić information content (AvgIpc) is 2.70. The van der Waals surface area contributed by atoms with Gasteiger partial charge in [-0.1, -0.05) is 65.7 Å². The number of carbonyl (C=O) groups excluding carboxylic acids is 2. The lowest BCUT2D eigenvalue weighted by Gasteiger charge is -2.31. The minimum absolute atomic E-state index is 0.109. The Morgan fingerprint density at radius 2 is 1.34 bits per heavy atom. The summed E-state index contributed by atoms with van der Waals surface area (Å²) in [4.78, 5) is 35.9. The Kier molecular flexibility index (Phi) is 15.4. The Morgan fingerprint density at radius 1 is 0.857 bits per heavy atom.